The van der Waals surface area contributed by atoms with Crippen molar-refractivity contribution in [3.8, 4) is 11.5 Å². The zero-order chi connectivity index (χ0) is 13.8. The quantitative estimate of drug-likeness (QED) is 0.895. The number of likely N-dealkylation sites (N-methyl/N-ethyl adjacent to an activating group) is 1. The summed E-state index contributed by atoms with van der Waals surface area (Å²) < 4.78 is 5.36. The molecule has 19 heavy (non-hydrogen) atoms. The minimum atomic E-state index is 0.171. The van der Waals surface area contributed by atoms with Crippen LogP contribution >= 0.6 is 0 Å². The van der Waals surface area contributed by atoms with Crippen LogP contribution in [0, 0.1) is 6.92 Å². The van der Waals surface area contributed by atoms with E-state index in [1.165, 1.54) is 0 Å². The van der Waals surface area contributed by atoms with E-state index in [9.17, 15) is 0 Å². The van der Waals surface area contributed by atoms with Gasteiger partial charge in [-0.2, -0.15) is 4.98 Å². The zero-order valence-corrected chi connectivity index (χ0v) is 11.8. The molecule has 0 bridgehead atoms. The first-order valence-corrected chi connectivity index (χ1v) is 6.62. The second kappa shape index (κ2) is 5.93. The first-order chi connectivity index (χ1) is 9.13. The molecule has 0 spiro atoms. The van der Waals surface area contributed by atoms with Crippen LogP contribution in [0.2, 0.25) is 0 Å². The molecular formula is C14H20N4O. The van der Waals surface area contributed by atoms with E-state index in [0.717, 1.165) is 17.8 Å². The van der Waals surface area contributed by atoms with E-state index in [0.29, 0.717) is 17.8 Å². The summed E-state index contributed by atoms with van der Waals surface area (Å²) >= 11 is 0. The van der Waals surface area contributed by atoms with E-state index >= 15 is 0 Å². The molecule has 0 radical (unpaired) electrons. The minimum Gasteiger partial charge on any atom is -0.339 e. The maximum absolute atomic E-state index is 5.36. The molecule has 0 aliphatic heterocycles. The summed E-state index contributed by atoms with van der Waals surface area (Å²) in [5.41, 5.74) is 1.82. The predicted octanol–water partition coefficient (Wildman–Crippen LogP) is 2.54. The first-order valence-electron chi connectivity index (χ1n) is 6.62. The highest BCUT2D eigenvalue weighted by atomic mass is 16.5. The standard InChI is InChI=1S/C14H20N4O/c1-5-15-11(4)10(3)14-17-13(18-19-14)12-9(2)7-6-8-16-12/h6-8,10-11,15H,5H2,1-4H3. The maximum Gasteiger partial charge on any atom is 0.231 e. The summed E-state index contributed by atoms with van der Waals surface area (Å²) in [6, 6.07) is 4.18. The molecular weight excluding hydrogens is 240 g/mol. The molecule has 2 atom stereocenters. The Hall–Kier alpha value is -1.75. The molecule has 1 N–H and O–H groups in total. The van der Waals surface area contributed by atoms with E-state index in [1.807, 2.05) is 19.1 Å². The van der Waals surface area contributed by atoms with Gasteiger partial charge in [-0.3, -0.25) is 4.98 Å². The number of rotatable bonds is 5. The average Bonchev–Trinajstić information content (AvgIpc) is 2.88. The lowest BCUT2D eigenvalue weighted by Crippen LogP contribution is -2.30. The molecule has 2 aromatic heterocycles. The lowest BCUT2D eigenvalue weighted by Gasteiger charge is -2.16. The molecule has 5 nitrogen and oxygen atoms in total. The van der Waals surface area contributed by atoms with E-state index in [1.54, 1.807) is 6.20 Å². The first kappa shape index (κ1) is 13.7. The summed E-state index contributed by atoms with van der Waals surface area (Å²) in [7, 11) is 0. The van der Waals surface area contributed by atoms with Gasteiger partial charge in [-0.1, -0.05) is 25.1 Å². The molecule has 0 aliphatic rings. The van der Waals surface area contributed by atoms with Gasteiger partial charge in [0.05, 0.1) is 5.92 Å². The van der Waals surface area contributed by atoms with E-state index in [4.69, 9.17) is 4.52 Å². The summed E-state index contributed by atoms with van der Waals surface area (Å²) in [6.07, 6.45) is 1.74. The van der Waals surface area contributed by atoms with E-state index in [-0.39, 0.29) is 5.92 Å². The van der Waals surface area contributed by atoms with Gasteiger partial charge in [-0.05, 0) is 32.0 Å². The fourth-order valence-corrected chi connectivity index (χ4v) is 1.95. The summed E-state index contributed by atoms with van der Waals surface area (Å²) in [4.78, 5) is 8.77. The maximum atomic E-state index is 5.36. The van der Waals surface area contributed by atoms with Crippen LogP contribution < -0.4 is 5.32 Å². The van der Waals surface area contributed by atoms with Crippen molar-refractivity contribution in [1.29, 1.82) is 0 Å². The second-order valence-electron chi connectivity index (χ2n) is 4.76. The Morgan fingerprint density at radius 2 is 2.16 bits per heavy atom. The molecule has 2 unspecified atom stereocenters. The van der Waals surface area contributed by atoms with Gasteiger partial charge in [-0.25, -0.2) is 0 Å². The van der Waals surface area contributed by atoms with Crippen LogP contribution in [0.5, 0.6) is 0 Å². The molecule has 0 aliphatic carbocycles. The largest absolute Gasteiger partial charge is 0.339 e. The van der Waals surface area contributed by atoms with Crippen molar-refractivity contribution < 1.29 is 4.52 Å². The van der Waals surface area contributed by atoms with Gasteiger partial charge in [0.2, 0.25) is 11.7 Å². The highest BCUT2D eigenvalue weighted by Crippen LogP contribution is 2.22. The van der Waals surface area contributed by atoms with Gasteiger partial charge in [0.25, 0.3) is 0 Å². The van der Waals surface area contributed by atoms with Crippen molar-refractivity contribution in [2.75, 3.05) is 6.54 Å². The molecule has 2 rings (SSSR count). The molecule has 2 heterocycles. The third kappa shape index (κ3) is 2.98. The minimum absolute atomic E-state index is 0.171. The lowest BCUT2D eigenvalue weighted by molar-refractivity contribution is 0.332. The molecule has 0 saturated carbocycles. The van der Waals surface area contributed by atoms with Crippen LogP contribution in [0.3, 0.4) is 0 Å². The molecule has 0 aromatic carbocycles. The highest BCUT2D eigenvalue weighted by Gasteiger charge is 2.21. The SMILES string of the molecule is CCNC(C)C(C)c1nc(-c2ncccc2C)no1. The van der Waals surface area contributed by atoms with E-state index in [2.05, 4.69) is 41.2 Å². The van der Waals surface area contributed by atoms with Crippen LogP contribution in [0.1, 0.15) is 38.1 Å². The highest BCUT2D eigenvalue weighted by molar-refractivity contribution is 5.53. The van der Waals surface area contributed by atoms with Gasteiger partial charge in [-0.15, -0.1) is 0 Å². The Morgan fingerprint density at radius 3 is 2.84 bits per heavy atom. The number of aromatic nitrogens is 3. The van der Waals surface area contributed by atoms with Gasteiger partial charge >= 0.3 is 0 Å². The van der Waals surface area contributed by atoms with Gasteiger partial charge in [0.1, 0.15) is 5.69 Å². The average molecular weight is 260 g/mol. The fourth-order valence-electron chi connectivity index (χ4n) is 1.95. The zero-order valence-electron chi connectivity index (χ0n) is 11.8. The molecule has 0 amide bonds. The number of nitrogens with one attached hydrogen (secondary N) is 1. The topological polar surface area (TPSA) is 63.8 Å². The van der Waals surface area contributed by atoms with Crippen LogP contribution in [0.25, 0.3) is 11.5 Å². The Morgan fingerprint density at radius 1 is 1.37 bits per heavy atom. The summed E-state index contributed by atoms with van der Waals surface area (Å²) in [5, 5.41) is 7.40. The van der Waals surface area contributed by atoms with Crippen LogP contribution in [0.15, 0.2) is 22.9 Å². The van der Waals surface area contributed by atoms with Crippen molar-refractivity contribution in [3.63, 3.8) is 0 Å². The smallest absolute Gasteiger partial charge is 0.231 e. The van der Waals surface area contributed by atoms with Crippen molar-refractivity contribution >= 4 is 0 Å². The Labute approximate surface area is 113 Å². The Balaban J connectivity index is 2.22. The van der Waals surface area contributed by atoms with Crippen molar-refractivity contribution in [2.24, 2.45) is 0 Å². The Bertz CT molecular complexity index is 538. The lowest BCUT2D eigenvalue weighted by atomic mass is 10.0. The number of hydrogen-bond donors (Lipinski definition) is 1. The van der Waals surface area contributed by atoms with Crippen molar-refractivity contribution in [2.45, 2.75) is 39.7 Å². The Kier molecular flexibility index (Phi) is 4.27. The second-order valence-corrected chi connectivity index (χ2v) is 4.76. The molecule has 0 saturated heterocycles. The third-order valence-corrected chi connectivity index (χ3v) is 3.33. The van der Waals surface area contributed by atoms with Gasteiger partial charge < -0.3 is 9.84 Å². The molecule has 2 aromatic rings. The molecule has 5 heteroatoms. The number of pyridine rings is 1. The summed E-state index contributed by atoms with van der Waals surface area (Å²) in [5.74, 6) is 1.38. The third-order valence-electron chi connectivity index (χ3n) is 3.33. The van der Waals surface area contributed by atoms with Crippen LogP contribution in [-0.2, 0) is 0 Å². The normalized spacial score (nSPS) is 14.3. The molecule has 102 valence electrons. The van der Waals surface area contributed by atoms with Crippen molar-refractivity contribution in [3.05, 3.63) is 29.8 Å². The number of aryl methyl sites for hydroxylation is 1. The molecule has 0 fully saturated rings. The van der Waals surface area contributed by atoms with Gasteiger partial charge in [0.15, 0.2) is 0 Å². The monoisotopic (exact) mass is 260 g/mol. The van der Waals surface area contributed by atoms with Crippen molar-refractivity contribution in [1.82, 2.24) is 20.4 Å². The number of hydrogen-bond acceptors (Lipinski definition) is 5. The predicted molar refractivity (Wildman–Crippen MR) is 73.8 cm³/mol. The number of nitrogens with zero attached hydrogens (tertiary/aromatic N) is 3. The van der Waals surface area contributed by atoms with Crippen LogP contribution in [0.4, 0.5) is 0 Å². The van der Waals surface area contributed by atoms with Crippen LogP contribution in [-0.4, -0.2) is 27.7 Å². The van der Waals surface area contributed by atoms with E-state index < -0.39 is 0 Å². The fraction of sp³-hybridized carbons (Fsp3) is 0.500. The summed E-state index contributed by atoms with van der Waals surface area (Å²) in [6.45, 7) is 9.19. The van der Waals surface area contributed by atoms with Gasteiger partial charge in [0, 0.05) is 12.2 Å².